The van der Waals surface area contributed by atoms with Crippen molar-refractivity contribution in [2.75, 3.05) is 50.2 Å². The molecule has 0 aromatic heterocycles. The van der Waals surface area contributed by atoms with Crippen molar-refractivity contribution in [3.05, 3.63) is 82.9 Å². The highest BCUT2D eigenvalue weighted by atomic mass is 35.5. The van der Waals surface area contributed by atoms with E-state index < -0.39 is 0 Å². The van der Waals surface area contributed by atoms with Crippen LogP contribution in [0.5, 0.6) is 11.5 Å². The van der Waals surface area contributed by atoms with Gasteiger partial charge in [-0.25, -0.2) is 0 Å². The van der Waals surface area contributed by atoms with E-state index in [2.05, 4.69) is 39.4 Å². The van der Waals surface area contributed by atoms with E-state index in [0.717, 1.165) is 49.7 Å². The fraction of sp³-hybridized carbons (Fsp3) is 0.345. The summed E-state index contributed by atoms with van der Waals surface area (Å²) in [6.45, 7) is 2.98. The molecule has 3 aromatic carbocycles. The number of amides is 1. The summed E-state index contributed by atoms with van der Waals surface area (Å²) in [5, 5.41) is 3.89. The Morgan fingerprint density at radius 2 is 1.81 bits per heavy atom. The van der Waals surface area contributed by atoms with Crippen molar-refractivity contribution in [1.82, 2.24) is 5.32 Å². The molecule has 2 atom stereocenters. The maximum absolute atomic E-state index is 13.6. The van der Waals surface area contributed by atoms with Gasteiger partial charge in [0, 0.05) is 36.9 Å². The van der Waals surface area contributed by atoms with E-state index in [1.54, 1.807) is 14.2 Å². The quantitative estimate of drug-likeness (QED) is 0.509. The Hall–Kier alpha value is -3.38. The normalized spacial score (nSPS) is 18.8. The van der Waals surface area contributed by atoms with Crippen LogP contribution >= 0.6 is 11.6 Å². The minimum Gasteiger partial charge on any atom is -0.497 e. The number of rotatable bonds is 7. The van der Waals surface area contributed by atoms with E-state index in [0.29, 0.717) is 11.6 Å². The largest absolute Gasteiger partial charge is 0.497 e. The highest BCUT2D eigenvalue weighted by Crippen LogP contribution is 2.39. The van der Waals surface area contributed by atoms with Crippen LogP contribution < -0.4 is 24.6 Å². The average Bonchev–Trinajstić information content (AvgIpc) is 2.92. The molecule has 0 radical (unpaired) electrons. The van der Waals surface area contributed by atoms with Crippen molar-refractivity contribution in [1.29, 1.82) is 0 Å². The zero-order chi connectivity index (χ0) is 25.1. The molecular weight excluding hydrogens is 474 g/mol. The molecule has 36 heavy (non-hydrogen) atoms. The number of piperazine rings is 1. The molecule has 2 aliphatic heterocycles. The number of para-hydroxylation sites is 1. The second-order valence-electron chi connectivity index (χ2n) is 9.35. The number of hydrogen-bond donors (Lipinski definition) is 1. The topological polar surface area (TPSA) is 54.0 Å². The lowest BCUT2D eigenvalue weighted by Gasteiger charge is -2.49. The van der Waals surface area contributed by atoms with Gasteiger partial charge in [-0.2, -0.15) is 0 Å². The number of carbonyl (C=O) groups excluding carboxylic acids is 1. The van der Waals surface area contributed by atoms with E-state index >= 15 is 0 Å². The first-order chi connectivity index (χ1) is 17.6. The van der Waals surface area contributed by atoms with Gasteiger partial charge in [0.15, 0.2) is 0 Å². The molecule has 1 saturated heterocycles. The fourth-order valence-electron chi connectivity index (χ4n) is 5.44. The Kier molecular flexibility index (Phi) is 7.23. The van der Waals surface area contributed by atoms with Crippen LogP contribution in [-0.2, 0) is 17.6 Å². The van der Waals surface area contributed by atoms with Crippen molar-refractivity contribution in [3.8, 4) is 11.5 Å². The second-order valence-corrected chi connectivity index (χ2v) is 9.79. The summed E-state index contributed by atoms with van der Waals surface area (Å²) in [6, 6.07) is 22.2. The lowest BCUT2D eigenvalue weighted by atomic mass is 9.83. The van der Waals surface area contributed by atoms with Gasteiger partial charge in [0.05, 0.1) is 31.9 Å². The highest BCUT2D eigenvalue weighted by Gasteiger charge is 2.41. The van der Waals surface area contributed by atoms with Crippen molar-refractivity contribution in [2.24, 2.45) is 5.92 Å². The Balaban J connectivity index is 1.34. The van der Waals surface area contributed by atoms with Gasteiger partial charge in [0.25, 0.3) is 0 Å². The predicted molar refractivity (Wildman–Crippen MR) is 145 cm³/mol. The fourth-order valence-corrected chi connectivity index (χ4v) is 5.61. The third-order valence-corrected chi connectivity index (χ3v) is 7.55. The van der Waals surface area contributed by atoms with Gasteiger partial charge in [-0.3, -0.25) is 4.79 Å². The number of ether oxygens (including phenoxy) is 2. The summed E-state index contributed by atoms with van der Waals surface area (Å²) in [5.41, 5.74) is 4.62. The number of nitrogens with one attached hydrogen (secondary N) is 1. The summed E-state index contributed by atoms with van der Waals surface area (Å²) < 4.78 is 10.9. The molecule has 2 aliphatic rings. The zero-order valence-corrected chi connectivity index (χ0v) is 21.5. The molecule has 6 nitrogen and oxygen atoms in total. The smallest absolute Gasteiger partial charge is 0.225 e. The van der Waals surface area contributed by atoms with Gasteiger partial charge in [0.1, 0.15) is 11.5 Å². The number of anilines is 2. The Bertz CT molecular complexity index is 1220. The van der Waals surface area contributed by atoms with Crippen LogP contribution in [0.2, 0.25) is 5.02 Å². The van der Waals surface area contributed by atoms with Crippen molar-refractivity contribution in [2.45, 2.75) is 18.9 Å². The van der Waals surface area contributed by atoms with Crippen LogP contribution in [0.1, 0.15) is 11.1 Å². The van der Waals surface area contributed by atoms with Gasteiger partial charge >= 0.3 is 0 Å². The van der Waals surface area contributed by atoms with Gasteiger partial charge < -0.3 is 24.6 Å². The highest BCUT2D eigenvalue weighted by molar-refractivity contribution is 6.31. The maximum Gasteiger partial charge on any atom is 0.225 e. The van der Waals surface area contributed by atoms with Crippen LogP contribution in [0.25, 0.3) is 0 Å². The molecule has 0 spiro atoms. The lowest BCUT2D eigenvalue weighted by molar-refractivity contribution is -0.125. The molecule has 2 heterocycles. The SMILES string of the molecule is COc1ccc(CCNC(=O)[C@@H]2Cc3ccccc3N3CCN(c4cc(Cl)ccc4OC)C[C@H]23)cc1. The van der Waals surface area contributed by atoms with Gasteiger partial charge in [0.2, 0.25) is 5.91 Å². The first-order valence-electron chi connectivity index (χ1n) is 12.4. The number of nitrogens with zero attached hydrogens (tertiary/aromatic N) is 2. The molecule has 0 saturated carbocycles. The summed E-state index contributed by atoms with van der Waals surface area (Å²) in [6.07, 6.45) is 1.51. The molecule has 0 unspecified atom stereocenters. The van der Waals surface area contributed by atoms with Crippen LogP contribution in [0.3, 0.4) is 0 Å². The number of fused-ring (bicyclic) bond motifs is 3. The summed E-state index contributed by atoms with van der Waals surface area (Å²) >= 11 is 6.34. The standard InChI is InChI=1S/C29H32ClN3O3/c1-35-23-10-7-20(8-11-23)13-14-31-29(34)24-17-21-5-3-4-6-25(21)33-16-15-32(19-27(24)33)26-18-22(30)9-12-28(26)36-2/h3-12,18,24,27H,13-17,19H2,1-2H3,(H,31,34)/t24-,27-/m1/s1. The first-order valence-corrected chi connectivity index (χ1v) is 12.8. The third-order valence-electron chi connectivity index (χ3n) is 7.31. The van der Waals surface area contributed by atoms with Crippen LogP contribution in [0.15, 0.2) is 66.7 Å². The van der Waals surface area contributed by atoms with Crippen molar-refractivity contribution in [3.63, 3.8) is 0 Å². The van der Waals surface area contributed by atoms with E-state index in [-0.39, 0.29) is 17.9 Å². The van der Waals surface area contributed by atoms with E-state index in [4.69, 9.17) is 21.1 Å². The van der Waals surface area contributed by atoms with Crippen molar-refractivity contribution >= 4 is 28.9 Å². The van der Waals surface area contributed by atoms with E-state index in [1.807, 2.05) is 42.5 Å². The molecule has 0 bridgehead atoms. The average molecular weight is 506 g/mol. The maximum atomic E-state index is 13.6. The number of carbonyl (C=O) groups is 1. The molecule has 0 aliphatic carbocycles. The zero-order valence-electron chi connectivity index (χ0n) is 20.7. The molecule has 1 N–H and O–H groups in total. The summed E-state index contributed by atoms with van der Waals surface area (Å²) in [7, 11) is 3.34. The molecule has 188 valence electrons. The molecule has 1 amide bonds. The Labute approximate surface area is 217 Å². The number of benzene rings is 3. The first kappa shape index (κ1) is 24.3. The summed E-state index contributed by atoms with van der Waals surface area (Å²) in [4.78, 5) is 18.3. The monoisotopic (exact) mass is 505 g/mol. The van der Waals surface area contributed by atoms with E-state index in [1.165, 1.54) is 16.8 Å². The number of hydrogen-bond acceptors (Lipinski definition) is 5. The molecule has 3 aromatic rings. The minimum absolute atomic E-state index is 0.0540. The van der Waals surface area contributed by atoms with Crippen LogP contribution in [-0.4, -0.2) is 52.3 Å². The minimum atomic E-state index is -0.149. The molecule has 7 heteroatoms. The van der Waals surface area contributed by atoms with Gasteiger partial charge in [-0.05, 0) is 60.4 Å². The van der Waals surface area contributed by atoms with Crippen LogP contribution in [0, 0.1) is 5.92 Å². The van der Waals surface area contributed by atoms with Crippen LogP contribution in [0.4, 0.5) is 11.4 Å². The molecule has 1 fully saturated rings. The predicted octanol–water partition coefficient (Wildman–Crippen LogP) is 4.58. The third kappa shape index (κ3) is 4.96. The van der Waals surface area contributed by atoms with E-state index in [9.17, 15) is 4.79 Å². The van der Waals surface area contributed by atoms with Crippen molar-refractivity contribution < 1.29 is 14.3 Å². The second kappa shape index (κ2) is 10.7. The van der Waals surface area contributed by atoms with Gasteiger partial charge in [-0.1, -0.05) is 41.9 Å². The number of methoxy groups -OCH3 is 2. The molecule has 5 rings (SSSR count). The Morgan fingerprint density at radius 3 is 2.58 bits per heavy atom. The number of halogens is 1. The van der Waals surface area contributed by atoms with Gasteiger partial charge in [-0.15, -0.1) is 0 Å². The lowest BCUT2D eigenvalue weighted by Crippen LogP contribution is -2.61. The molecular formula is C29H32ClN3O3. The summed E-state index contributed by atoms with van der Waals surface area (Å²) in [5.74, 6) is 1.59. The Morgan fingerprint density at radius 1 is 1.00 bits per heavy atom.